The van der Waals surface area contributed by atoms with Crippen LogP contribution in [0.3, 0.4) is 0 Å². The highest BCUT2D eigenvalue weighted by Gasteiger charge is 2.40. The molecular weight excluding hydrogens is 143 g/mol. The lowest BCUT2D eigenvalue weighted by Crippen LogP contribution is -2.33. The van der Waals surface area contributed by atoms with Crippen molar-refractivity contribution in [1.29, 1.82) is 0 Å². The summed E-state index contributed by atoms with van der Waals surface area (Å²) in [5.41, 5.74) is 0. The number of hydrogen-bond acceptors (Lipinski definition) is 1. The van der Waals surface area contributed by atoms with E-state index in [1.807, 2.05) is 0 Å². The van der Waals surface area contributed by atoms with Gasteiger partial charge in [-0.1, -0.05) is 0 Å². The van der Waals surface area contributed by atoms with E-state index >= 15 is 0 Å². The smallest absolute Gasteiger partial charge is 0.317 e. The molecule has 0 aromatic heterocycles. The second-order valence-corrected chi connectivity index (χ2v) is 2.35. The molecule has 0 spiro atoms. The van der Waals surface area contributed by atoms with E-state index in [0.717, 1.165) is 0 Å². The molecule has 1 heterocycles. The number of halogens is 3. The van der Waals surface area contributed by atoms with E-state index in [1.165, 1.54) is 0 Å². The van der Waals surface area contributed by atoms with Crippen molar-refractivity contribution in [3.05, 3.63) is 5.92 Å². The Morgan fingerprint density at radius 3 is 1.90 bits per heavy atom. The summed E-state index contributed by atoms with van der Waals surface area (Å²) in [6.45, 7) is 0.934. The van der Waals surface area contributed by atoms with Crippen molar-refractivity contribution in [2.45, 2.75) is 19.0 Å². The van der Waals surface area contributed by atoms with Crippen LogP contribution in [-0.2, 0) is 0 Å². The standard InChI is InChI=1S/C6H9F3N/c7-6(8,9)5-1-3-10-4-2-5/h10H,1-4H2. The van der Waals surface area contributed by atoms with Crippen LogP contribution in [0.1, 0.15) is 12.8 Å². The van der Waals surface area contributed by atoms with E-state index in [0.29, 0.717) is 13.1 Å². The number of alkyl halides is 3. The van der Waals surface area contributed by atoms with Crippen LogP contribution in [0.25, 0.3) is 0 Å². The molecule has 0 aliphatic carbocycles. The van der Waals surface area contributed by atoms with Crippen LogP contribution in [-0.4, -0.2) is 19.3 Å². The molecule has 1 radical (unpaired) electrons. The number of rotatable bonds is 0. The Bertz CT molecular complexity index is 104. The van der Waals surface area contributed by atoms with Gasteiger partial charge in [-0.25, -0.2) is 0 Å². The van der Waals surface area contributed by atoms with Crippen molar-refractivity contribution in [3.63, 3.8) is 0 Å². The van der Waals surface area contributed by atoms with Gasteiger partial charge in [0.1, 0.15) is 0 Å². The number of nitrogens with one attached hydrogen (secondary N) is 1. The van der Waals surface area contributed by atoms with Crippen molar-refractivity contribution in [3.8, 4) is 0 Å². The van der Waals surface area contributed by atoms with E-state index in [1.54, 1.807) is 0 Å². The summed E-state index contributed by atoms with van der Waals surface area (Å²) in [4.78, 5) is 0. The van der Waals surface area contributed by atoms with Crippen molar-refractivity contribution in [1.82, 2.24) is 5.32 Å². The van der Waals surface area contributed by atoms with Crippen LogP contribution in [0.2, 0.25) is 0 Å². The first-order chi connectivity index (χ1) is 4.61. The number of piperidine rings is 1. The van der Waals surface area contributed by atoms with Gasteiger partial charge in [0.15, 0.2) is 0 Å². The highest BCUT2D eigenvalue weighted by Crippen LogP contribution is 2.33. The molecule has 1 rings (SSSR count). The van der Waals surface area contributed by atoms with E-state index in [4.69, 9.17) is 0 Å². The Morgan fingerprint density at radius 2 is 1.60 bits per heavy atom. The van der Waals surface area contributed by atoms with Crippen LogP contribution >= 0.6 is 0 Å². The molecule has 0 saturated carbocycles. The van der Waals surface area contributed by atoms with E-state index in [-0.39, 0.29) is 18.8 Å². The van der Waals surface area contributed by atoms with Crippen LogP contribution in [0.4, 0.5) is 13.2 Å². The molecule has 0 bridgehead atoms. The van der Waals surface area contributed by atoms with E-state index < -0.39 is 6.18 Å². The van der Waals surface area contributed by atoms with Gasteiger partial charge in [0, 0.05) is 0 Å². The molecular formula is C6H9F3N. The molecule has 1 nitrogen and oxygen atoms in total. The van der Waals surface area contributed by atoms with Crippen molar-refractivity contribution >= 4 is 0 Å². The average molecular weight is 152 g/mol. The zero-order valence-electron chi connectivity index (χ0n) is 5.46. The average Bonchev–Trinajstić information content (AvgIpc) is 1.88. The normalized spacial score (nSPS) is 23.1. The Balaban J connectivity index is 2.39. The van der Waals surface area contributed by atoms with Gasteiger partial charge >= 0.3 is 6.18 Å². The molecule has 1 aliphatic rings. The highest BCUT2D eigenvalue weighted by molar-refractivity contribution is 5.00. The van der Waals surface area contributed by atoms with Crippen molar-refractivity contribution in [2.24, 2.45) is 0 Å². The lowest BCUT2D eigenvalue weighted by Gasteiger charge is -2.23. The van der Waals surface area contributed by atoms with Crippen LogP contribution in [0.5, 0.6) is 0 Å². The summed E-state index contributed by atoms with van der Waals surface area (Å²) in [6.07, 6.45) is -3.74. The van der Waals surface area contributed by atoms with Gasteiger partial charge in [0.25, 0.3) is 0 Å². The lowest BCUT2D eigenvalue weighted by molar-refractivity contribution is -0.120. The largest absolute Gasteiger partial charge is 0.395 e. The zero-order valence-corrected chi connectivity index (χ0v) is 5.46. The second-order valence-electron chi connectivity index (χ2n) is 2.35. The van der Waals surface area contributed by atoms with Gasteiger partial charge in [-0.2, -0.15) is 13.2 Å². The molecule has 10 heavy (non-hydrogen) atoms. The predicted octanol–water partition coefficient (Wildman–Crippen LogP) is 1.51. The van der Waals surface area contributed by atoms with Crippen LogP contribution in [0.15, 0.2) is 0 Å². The highest BCUT2D eigenvalue weighted by atomic mass is 19.4. The summed E-state index contributed by atoms with van der Waals surface area (Å²) >= 11 is 0. The minimum Gasteiger partial charge on any atom is -0.317 e. The van der Waals surface area contributed by atoms with Crippen LogP contribution in [0, 0.1) is 5.92 Å². The third-order valence-corrected chi connectivity index (χ3v) is 1.61. The van der Waals surface area contributed by atoms with Gasteiger partial charge in [0.05, 0.1) is 5.92 Å². The fourth-order valence-corrected chi connectivity index (χ4v) is 1.01. The molecule has 59 valence electrons. The lowest BCUT2D eigenvalue weighted by atomic mass is 9.98. The van der Waals surface area contributed by atoms with Gasteiger partial charge in [-0.15, -0.1) is 0 Å². The Hall–Kier alpha value is -0.250. The summed E-state index contributed by atoms with van der Waals surface area (Å²) in [6, 6.07) is 0. The fourth-order valence-electron chi connectivity index (χ4n) is 1.01. The van der Waals surface area contributed by atoms with Gasteiger partial charge in [-0.05, 0) is 25.9 Å². The minimum atomic E-state index is -4.05. The Kier molecular flexibility index (Phi) is 2.18. The third kappa shape index (κ3) is 1.87. The van der Waals surface area contributed by atoms with E-state index in [9.17, 15) is 13.2 Å². The Labute approximate surface area is 57.6 Å². The molecule has 0 unspecified atom stereocenters. The summed E-state index contributed by atoms with van der Waals surface area (Å²) in [5.74, 6) is -0.272. The molecule has 4 heteroatoms. The molecule has 0 aromatic rings. The summed E-state index contributed by atoms with van der Waals surface area (Å²) in [5, 5.41) is 2.87. The van der Waals surface area contributed by atoms with Gasteiger partial charge in [0.2, 0.25) is 0 Å². The van der Waals surface area contributed by atoms with Gasteiger partial charge in [-0.3, -0.25) is 0 Å². The SMILES string of the molecule is FC(F)(F)[C]1CCNCC1. The first kappa shape index (κ1) is 7.85. The summed E-state index contributed by atoms with van der Waals surface area (Å²) < 4.78 is 35.6. The molecule has 0 amide bonds. The Morgan fingerprint density at radius 1 is 1.10 bits per heavy atom. The maximum Gasteiger partial charge on any atom is 0.395 e. The monoisotopic (exact) mass is 152 g/mol. The number of hydrogen-bond donors (Lipinski definition) is 1. The molecule has 1 fully saturated rings. The second kappa shape index (κ2) is 2.78. The van der Waals surface area contributed by atoms with Crippen molar-refractivity contribution < 1.29 is 13.2 Å². The van der Waals surface area contributed by atoms with E-state index in [2.05, 4.69) is 5.32 Å². The molecule has 0 aromatic carbocycles. The maximum atomic E-state index is 11.9. The maximum absolute atomic E-state index is 11.9. The van der Waals surface area contributed by atoms with Gasteiger partial charge < -0.3 is 5.32 Å². The summed E-state index contributed by atoms with van der Waals surface area (Å²) in [7, 11) is 0. The fraction of sp³-hybridized carbons (Fsp3) is 0.833. The molecule has 1 saturated heterocycles. The first-order valence-corrected chi connectivity index (χ1v) is 3.23. The quantitative estimate of drug-likeness (QED) is 0.554. The minimum absolute atomic E-state index is 0.156. The topological polar surface area (TPSA) is 12.0 Å². The molecule has 1 aliphatic heterocycles. The predicted molar refractivity (Wildman–Crippen MR) is 31.4 cm³/mol. The third-order valence-electron chi connectivity index (χ3n) is 1.61. The first-order valence-electron chi connectivity index (χ1n) is 3.23. The zero-order chi connectivity index (χ0) is 7.61. The van der Waals surface area contributed by atoms with Crippen molar-refractivity contribution in [2.75, 3.05) is 13.1 Å². The molecule has 1 N–H and O–H groups in total. The van der Waals surface area contributed by atoms with Crippen LogP contribution < -0.4 is 5.32 Å². The molecule has 0 atom stereocenters.